The highest BCUT2D eigenvalue weighted by Gasteiger charge is 2.22. The van der Waals surface area contributed by atoms with E-state index in [4.69, 9.17) is 9.84 Å². The summed E-state index contributed by atoms with van der Waals surface area (Å²) in [7, 11) is 0. The number of unbranched alkanes of at least 4 members (excludes halogenated alkanes) is 24. The Bertz CT molecular complexity index is 612. The Morgan fingerprint density at radius 3 is 1.34 bits per heavy atom. The molecule has 0 aromatic heterocycles. The van der Waals surface area contributed by atoms with Gasteiger partial charge in [0.25, 0.3) is 0 Å². The Balaban J connectivity index is 3.32. The molecule has 0 saturated heterocycles. The Morgan fingerprint density at radius 1 is 0.610 bits per heavy atom. The molecule has 4 heteroatoms. The fraction of sp³-hybridized carbons (Fsp3) is 0.838. The number of carboxylic acids is 1. The molecule has 0 rings (SSSR count). The second-order valence-corrected chi connectivity index (χ2v) is 12.2. The Morgan fingerprint density at radius 2 is 0.976 bits per heavy atom. The van der Waals surface area contributed by atoms with E-state index in [-0.39, 0.29) is 13.0 Å². The molecule has 0 aromatic rings. The van der Waals surface area contributed by atoms with Gasteiger partial charge in [0.15, 0.2) is 0 Å². The molecule has 0 heterocycles. The topological polar surface area (TPSA) is 63.6 Å². The van der Waals surface area contributed by atoms with Crippen LogP contribution in [0, 0.1) is 5.92 Å². The SMILES string of the molecule is C=CCOC(=O)C(CCCCCCCCCCCCCCCCCCC/C=C/CCCCCCCCC)CC(=O)O. The van der Waals surface area contributed by atoms with Crippen LogP contribution in [0.5, 0.6) is 0 Å². The summed E-state index contributed by atoms with van der Waals surface area (Å²) in [6.07, 6.45) is 41.5. The molecule has 0 spiro atoms. The summed E-state index contributed by atoms with van der Waals surface area (Å²) in [6.45, 7) is 5.96. The van der Waals surface area contributed by atoms with Gasteiger partial charge in [0.05, 0.1) is 12.3 Å². The van der Waals surface area contributed by atoms with E-state index >= 15 is 0 Å². The molecular weight excluding hydrogens is 508 g/mol. The van der Waals surface area contributed by atoms with Gasteiger partial charge in [-0.05, 0) is 32.1 Å². The van der Waals surface area contributed by atoms with Gasteiger partial charge >= 0.3 is 11.9 Å². The van der Waals surface area contributed by atoms with Crippen molar-refractivity contribution < 1.29 is 19.4 Å². The number of carboxylic acid groups (broad SMARTS) is 1. The lowest BCUT2D eigenvalue weighted by Gasteiger charge is -2.13. The fourth-order valence-corrected chi connectivity index (χ4v) is 5.53. The number of esters is 1. The molecule has 1 N–H and O–H groups in total. The van der Waals surface area contributed by atoms with Crippen molar-refractivity contribution >= 4 is 11.9 Å². The van der Waals surface area contributed by atoms with Crippen LogP contribution in [0.4, 0.5) is 0 Å². The maximum absolute atomic E-state index is 12.0. The molecular formula is C37H68O4. The minimum Gasteiger partial charge on any atom is -0.481 e. The summed E-state index contributed by atoms with van der Waals surface area (Å²) in [6, 6.07) is 0. The molecule has 0 aliphatic carbocycles. The van der Waals surface area contributed by atoms with Crippen LogP contribution in [0.15, 0.2) is 24.8 Å². The van der Waals surface area contributed by atoms with Crippen LogP contribution in [0.3, 0.4) is 0 Å². The van der Waals surface area contributed by atoms with Gasteiger partial charge in [-0.3, -0.25) is 9.59 Å². The standard InChI is InChI=1S/C37H68O4/c1-3-5-6-7-8-9-10-11-12-13-14-15-16-17-18-19-20-21-22-23-24-25-26-27-28-29-30-31-32-35(34-36(38)39)37(40)41-33-4-2/h4,12-13,35H,2-3,5-11,14-34H2,1H3,(H,38,39)/b13-12+. The van der Waals surface area contributed by atoms with Crippen LogP contribution in [0.2, 0.25) is 0 Å². The molecule has 0 aromatic carbocycles. The third-order valence-electron chi connectivity index (χ3n) is 8.16. The van der Waals surface area contributed by atoms with E-state index in [0.29, 0.717) is 6.42 Å². The van der Waals surface area contributed by atoms with Crippen LogP contribution in [-0.2, 0) is 14.3 Å². The smallest absolute Gasteiger partial charge is 0.309 e. The van der Waals surface area contributed by atoms with Gasteiger partial charge in [0, 0.05) is 0 Å². The first kappa shape index (κ1) is 39.4. The highest BCUT2D eigenvalue weighted by atomic mass is 16.5. The number of allylic oxidation sites excluding steroid dienone is 2. The molecule has 0 amide bonds. The van der Waals surface area contributed by atoms with Crippen molar-refractivity contribution in [3.63, 3.8) is 0 Å². The zero-order valence-electron chi connectivity index (χ0n) is 27.2. The maximum atomic E-state index is 12.0. The van der Waals surface area contributed by atoms with Crippen LogP contribution in [-0.4, -0.2) is 23.7 Å². The van der Waals surface area contributed by atoms with Gasteiger partial charge in [-0.2, -0.15) is 0 Å². The Labute approximate surface area is 255 Å². The van der Waals surface area contributed by atoms with Crippen LogP contribution in [0.25, 0.3) is 0 Å². The lowest BCUT2D eigenvalue weighted by atomic mass is 9.97. The summed E-state index contributed by atoms with van der Waals surface area (Å²) in [5.41, 5.74) is 0. The first-order valence-corrected chi connectivity index (χ1v) is 17.8. The monoisotopic (exact) mass is 577 g/mol. The van der Waals surface area contributed by atoms with E-state index in [0.717, 1.165) is 19.3 Å². The van der Waals surface area contributed by atoms with Crippen LogP contribution in [0.1, 0.15) is 187 Å². The number of ether oxygens (including phenoxy) is 1. The van der Waals surface area contributed by atoms with Gasteiger partial charge in [0.1, 0.15) is 6.61 Å². The van der Waals surface area contributed by atoms with Crippen molar-refractivity contribution in [3.05, 3.63) is 24.8 Å². The summed E-state index contributed by atoms with van der Waals surface area (Å²) >= 11 is 0. The molecule has 0 aliphatic rings. The number of carbonyl (C=O) groups excluding carboxylic acids is 1. The molecule has 0 aliphatic heterocycles. The number of rotatable bonds is 33. The highest BCUT2D eigenvalue weighted by molar-refractivity contribution is 5.79. The molecule has 41 heavy (non-hydrogen) atoms. The van der Waals surface area contributed by atoms with E-state index in [9.17, 15) is 9.59 Å². The van der Waals surface area contributed by atoms with Gasteiger partial charge < -0.3 is 9.84 Å². The van der Waals surface area contributed by atoms with Crippen LogP contribution < -0.4 is 0 Å². The van der Waals surface area contributed by atoms with Crippen molar-refractivity contribution in [2.24, 2.45) is 5.92 Å². The number of carbonyl (C=O) groups is 2. The average Bonchev–Trinajstić information content (AvgIpc) is 2.96. The zero-order valence-corrected chi connectivity index (χ0v) is 27.2. The van der Waals surface area contributed by atoms with Crippen molar-refractivity contribution in [2.75, 3.05) is 6.61 Å². The molecule has 0 saturated carbocycles. The van der Waals surface area contributed by atoms with Gasteiger partial charge in [-0.25, -0.2) is 0 Å². The highest BCUT2D eigenvalue weighted by Crippen LogP contribution is 2.18. The van der Waals surface area contributed by atoms with Gasteiger partial charge in [-0.1, -0.05) is 173 Å². The van der Waals surface area contributed by atoms with Gasteiger partial charge in [-0.15, -0.1) is 0 Å². The number of aliphatic carboxylic acids is 1. The predicted octanol–water partition coefficient (Wildman–Crippen LogP) is 11.9. The van der Waals surface area contributed by atoms with E-state index in [1.165, 1.54) is 154 Å². The van der Waals surface area contributed by atoms with Crippen molar-refractivity contribution in [1.82, 2.24) is 0 Å². The number of hydrogen-bond acceptors (Lipinski definition) is 3. The third-order valence-corrected chi connectivity index (χ3v) is 8.16. The Hall–Kier alpha value is -1.58. The normalized spacial score (nSPS) is 12.1. The molecule has 0 bridgehead atoms. The second-order valence-electron chi connectivity index (χ2n) is 12.2. The molecule has 1 unspecified atom stereocenters. The van der Waals surface area contributed by atoms with Crippen molar-refractivity contribution in [3.8, 4) is 0 Å². The summed E-state index contributed by atoms with van der Waals surface area (Å²) in [5.74, 6) is -1.88. The molecule has 0 fully saturated rings. The molecule has 240 valence electrons. The maximum Gasteiger partial charge on any atom is 0.309 e. The molecule has 0 radical (unpaired) electrons. The minimum absolute atomic E-state index is 0.145. The van der Waals surface area contributed by atoms with Crippen molar-refractivity contribution in [1.29, 1.82) is 0 Å². The van der Waals surface area contributed by atoms with Crippen molar-refractivity contribution in [2.45, 2.75) is 187 Å². The number of hydrogen-bond donors (Lipinski definition) is 1. The zero-order chi connectivity index (χ0) is 30.1. The first-order chi connectivity index (χ1) is 20.1. The van der Waals surface area contributed by atoms with E-state index in [1.807, 2.05) is 0 Å². The predicted molar refractivity (Wildman–Crippen MR) is 176 cm³/mol. The van der Waals surface area contributed by atoms with Crippen LogP contribution >= 0.6 is 0 Å². The quantitative estimate of drug-likeness (QED) is 0.0479. The van der Waals surface area contributed by atoms with E-state index in [2.05, 4.69) is 25.7 Å². The minimum atomic E-state index is -0.941. The lowest BCUT2D eigenvalue weighted by molar-refractivity contribution is -0.152. The van der Waals surface area contributed by atoms with E-state index < -0.39 is 17.9 Å². The summed E-state index contributed by atoms with van der Waals surface area (Å²) < 4.78 is 5.05. The third kappa shape index (κ3) is 31.2. The molecule has 4 nitrogen and oxygen atoms in total. The fourth-order valence-electron chi connectivity index (χ4n) is 5.53. The largest absolute Gasteiger partial charge is 0.481 e. The summed E-state index contributed by atoms with van der Waals surface area (Å²) in [4.78, 5) is 23.0. The first-order valence-electron chi connectivity index (χ1n) is 17.8. The lowest BCUT2D eigenvalue weighted by Crippen LogP contribution is -2.21. The average molecular weight is 577 g/mol. The summed E-state index contributed by atoms with van der Waals surface area (Å²) in [5, 5.41) is 9.03. The van der Waals surface area contributed by atoms with E-state index in [1.54, 1.807) is 0 Å². The molecule has 1 atom stereocenters. The second kappa shape index (κ2) is 32.9. The Kier molecular flexibility index (Phi) is 31.7. The van der Waals surface area contributed by atoms with Gasteiger partial charge in [0.2, 0.25) is 0 Å².